The molecule has 56 heavy (non-hydrogen) atoms. The standard InChI is InChI=1S/C52H33N3O/c1-2-16-37(17-3-1)52-53-49(36-19-12-18-34-14-4-6-22-41(34)42-23-7-5-15-35(42)28-29-36)51-50(54-52)45-33-39(30-31-48(45)56-51)38-20-13-21-40(32-38)55-46-26-10-8-24-43(46)44-25-9-11-27-47(44)55/h1-33H. The van der Waals surface area contributed by atoms with Gasteiger partial charge in [0.2, 0.25) is 0 Å². The zero-order chi connectivity index (χ0) is 37.0. The highest BCUT2D eigenvalue weighted by Crippen LogP contribution is 2.39. The lowest BCUT2D eigenvalue weighted by Crippen LogP contribution is -1.94. The Hall–Kier alpha value is -7.56. The lowest BCUT2D eigenvalue weighted by molar-refractivity contribution is 0.667. The van der Waals surface area contributed by atoms with Gasteiger partial charge in [0, 0.05) is 33.0 Å². The Kier molecular flexibility index (Phi) is 7.46. The maximum atomic E-state index is 6.72. The number of furan rings is 1. The van der Waals surface area contributed by atoms with Crippen LogP contribution < -0.4 is 0 Å². The van der Waals surface area contributed by atoms with Gasteiger partial charge in [0.05, 0.1) is 11.0 Å². The molecule has 4 heteroatoms. The van der Waals surface area contributed by atoms with Crippen LogP contribution in [0.15, 0.2) is 205 Å². The van der Waals surface area contributed by atoms with Crippen LogP contribution in [-0.2, 0) is 0 Å². The minimum Gasteiger partial charge on any atom is -0.452 e. The third-order valence-corrected chi connectivity index (χ3v) is 10.8. The molecule has 0 spiro atoms. The highest BCUT2D eigenvalue weighted by atomic mass is 16.3. The van der Waals surface area contributed by atoms with Crippen LogP contribution in [0.5, 0.6) is 0 Å². The van der Waals surface area contributed by atoms with E-state index in [-0.39, 0.29) is 0 Å². The molecule has 3 aromatic heterocycles. The molecule has 0 atom stereocenters. The van der Waals surface area contributed by atoms with Gasteiger partial charge in [0.1, 0.15) is 16.8 Å². The summed E-state index contributed by atoms with van der Waals surface area (Å²) in [7, 11) is 0. The van der Waals surface area contributed by atoms with Crippen molar-refractivity contribution in [3.8, 4) is 39.5 Å². The molecule has 262 valence electrons. The van der Waals surface area contributed by atoms with Gasteiger partial charge in [-0.3, -0.25) is 0 Å². The molecule has 11 aromatic rings. The van der Waals surface area contributed by atoms with Crippen molar-refractivity contribution in [2.45, 2.75) is 0 Å². The normalized spacial score (nSPS) is 11.6. The van der Waals surface area contributed by atoms with E-state index in [1.54, 1.807) is 0 Å². The summed E-state index contributed by atoms with van der Waals surface area (Å²) in [5.41, 5.74) is 10.5. The summed E-state index contributed by atoms with van der Waals surface area (Å²) in [6, 6.07) is 70.4. The summed E-state index contributed by atoms with van der Waals surface area (Å²) in [6.45, 7) is 0. The minimum absolute atomic E-state index is 0.649. The van der Waals surface area contributed by atoms with Crippen molar-refractivity contribution in [3.05, 3.63) is 200 Å². The quantitative estimate of drug-likeness (QED) is 0.182. The zero-order valence-electron chi connectivity index (χ0n) is 30.3. The van der Waals surface area contributed by atoms with Gasteiger partial charge in [-0.1, -0.05) is 164 Å². The first-order valence-electron chi connectivity index (χ1n) is 18.9. The maximum Gasteiger partial charge on any atom is 0.180 e. The Morgan fingerprint density at radius 1 is 0.375 bits per heavy atom. The molecule has 0 aliphatic rings. The minimum atomic E-state index is 0.649. The molecule has 0 radical (unpaired) electrons. The van der Waals surface area contributed by atoms with Gasteiger partial charge >= 0.3 is 0 Å². The molecule has 0 amide bonds. The Morgan fingerprint density at radius 3 is 1.68 bits per heavy atom. The van der Waals surface area contributed by atoms with Crippen molar-refractivity contribution in [1.29, 1.82) is 0 Å². The second-order valence-corrected chi connectivity index (χ2v) is 14.2. The average Bonchev–Trinajstić information content (AvgIpc) is 3.81. The second-order valence-electron chi connectivity index (χ2n) is 14.2. The van der Waals surface area contributed by atoms with E-state index < -0.39 is 0 Å². The number of nitrogens with zero attached hydrogens (tertiary/aromatic N) is 3. The smallest absolute Gasteiger partial charge is 0.180 e. The Balaban J connectivity index is 1.12. The second kappa shape index (κ2) is 13.1. The topological polar surface area (TPSA) is 43.9 Å². The van der Waals surface area contributed by atoms with E-state index in [9.17, 15) is 0 Å². The van der Waals surface area contributed by atoms with E-state index >= 15 is 0 Å². The predicted molar refractivity (Wildman–Crippen MR) is 233 cm³/mol. The molecule has 0 aliphatic carbocycles. The first-order valence-corrected chi connectivity index (χ1v) is 18.9. The lowest BCUT2D eigenvalue weighted by Gasteiger charge is -2.10. The molecule has 0 N–H and O–H groups in total. The van der Waals surface area contributed by atoms with Crippen LogP contribution in [-0.4, -0.2) is 14.5 Å². The van der Waals surface area contributed by atoms with Crippen LogP contribution in [0.25, 0.3) is 105 Å². The summed E-state index contributed by atoms with van der Waals surface area (Å²) in [6.07, 6.45) is 0. The van der Waals surface area contributed by atoms with Crippen LogP contribution in [0.3, 0.4) is 0 Å². The third-order valence-electron chi connectivity index (χ3n) is 10.8. The van der Waals surface area contributed by atoms with Crippen molar-refractivity contribution in [2.24, 2.45) is 0 Å². The molecular formula is C52H33N3O. The number of aromatic nitrogens is 3. The molecule has 0 fully saturated rings. The number of benzene rings is 7. The maximum absolute atomic E-state index is 6.72. The van der Waals surface area contributed by atoms with E-state index in [2.05, 4.69) is 187 Å². The number of hydrogen-bond donors (Lipinski definition) is 0. The SMILES string of the molecule is c1ccc(-c2nc(-c3cccc4ccccc4c4ccccc4cc3)c3oc4ccc(-c5cccc(-n6c7ccccc7c7ccccc76)c5)cc4c3n2)cc1. The molecule has 0 bridgehead atoms. The van der Waals surface area contributed by atoms with Gasteiger partial charge in [0.15, 0.2) is 11.4 Å². The molecule has 0 saturated heterocycles. The largest absolute Gasteiger partial charge is 0.452 e. The first-order chi connectivity index (χ1) is 27.8. The molecular weight excluding hydrogens is 683 g/mol. The van der Waals surface area contributed by atoms with Crippen molar-refractivity contribution < 1.29 is 4.42 Å². The van der Waals surface area contributed by atoms with E-state index in [1.807, 2.05) is 18.2 Å². The van der Waals surface area contributed by atoms with Gasteiger partial charge in [0.25, 0.3) is 0 Å². The zero-order valence-corrected chi connectivity index (χ0v) is 30.3. The summed E-state index contributed by atoms with van der Waals surface area (Å²) in [5.74, 6) is 0.649. The summed E-state index contributed by atoms with van der Waals surface area (Å²) < 4.78 is 9.08. The fourth-order valence-corrected chi connectivity index (χ4v) is 8.18. The van der Waals surface area contributed by atoms with E-state index in [0.717, 1.165) is 60.9 Å². The van der Waals surface area contributed by atoms with Gasteiger partial charge in [-0.2, -0.15) is 0 Å². The summed E-state index contributed by atoms with van der Waals surface area (Å²) in [5, 5.41) is 8.10. The fraction of sp³-hybridized carbons (Fsp3) is 0. The van der Waals surface area contributed by atoms with Crippen LogP contribution in [0.2, 0.25) is 0 Å². The van der Waals surface area contributed by atoms with Crippen LogP contribution in [0.1, 0.15) is 0 Å². The van der Waals surface area contributed by atoms with Gasteiger partial charge in [-0.15, -0.1) is 0 Å². The molecule has 0 saturated carbocycles. The molecule has 8 aromatic carbocycles. The number of para-hydroxylation sites is 2. The molecule has 3 heterocycles. The van der Waals surface area contributed by atoms with Crippen molar-refractivity contribution >= 4 is 65.4 Å². The lowest BCUT2D eigenvalue weighted by atomic mass is 10.0. The van der Waals surface area contributed by atoms with Crippen molar-refractivity contribution in [3.63, 3.8) is 0 Å². The molecule has 0 aliphatic heterocycles. The van der Waals surface area contributed by atoms with E-state index in [4.69, 9.17) is 14.4 Å². The van der Waals surface area contributed by atoms with Crippen molar-refractivity contribution in [2.75, 3.05) is 0 Å². The highest BCUT2D eigenvalue weighted by Gasteiger charge is 2.19. The molecule has 11 rings (SSSR count). The summed E-state index contributed by atoms with van der Waals surface area (Å²) >= 11 is 0. The molecule has 4 nitrogen and oxygen atoms in total. The van der Waals surface area contributed by atoms with Crippen LogP contribution in [0, 0.1) is 0 Å². The summed E-state index contributed by atoms with van der Waals surface area (Å²) in [4.78, 5) is 10.4. The van der Waals surface area contributed by atoms with E-state index in [1.165, 1.54) is 32.6 Å². The van der Waals surface area contributed by atoms with Crippen LogP contribution in [0.4, 0.5) is 0 Å². The number of hydrogen-bond acceptors (Lipinski definition) is 3. The third kappa shape index (κ3) is 5.31. The first kappa shape index (κ1) is 31.9. The Bertz CT molecular complexity index is 3320. The fourth-order valence-electron chi connectivity index (χ4n) is 8.18. The average molecular weight is 716 g/mol. The molecule has 0 unspecified atom stereocenters. The Morgan fingerprint density at radius 2 is 0.929 bits per heavy atom. The highest BCUT2D eigenvalue weighted by molar-refractivity contribution is 6.10. The monoisotopic (exact) mass is 715 g/mol. The number of fused-ring (bicyclic) bond motifs is 9. The predicted octanol–water partition coefficient (Wildman–Crippen LogP) is 13.9. The van der Waals surface area contributed by atoms with Crippen LogP contribution >= 0.6 is 0 Å². The van der Waals surface area contributed by atoms with Gasteiger partial charge in [-0.05, 0) is 69.1 Å². The number of rotatable bonds is 4. The van der Waals surface area contributed by atoms with E-state index in [0.29, 0.717) is 11.4 Å². The Labute approximate surface area is 322 Å². The van der Waals surface area contributed by atoms with Crippen molar-refractivity contribution in [1.82, 2.24) is 14.5 Å². The van der Waals surface area contributed by atoms with Gasteiger partial charge < -0.3 is 8.98 Å². The van der Waals surface area contributed by atoms with Gasteiger partial charge in [-0.25, -0.2) is 9.97 Å².